The lowest BCUT2D eigenvalue weighted by atomic mass is 9.97. The number of carbonyl (C=O) groups excluding carboxylic acids is 1. The molecule has 3 nitrogen and oxygen atoms in total. The fourth-order valence-corrected chi connectivity index (χ4v) is 1.40. The van der Waals surface area contributed by atoms with Gasteiger partial charge in [0.25, 0.3) is 0 Å². The summed E-state index contributed by atoms with van der Waals surface area (Å²) in [7, 11) is 1.81. The third-order valence-electron chi connectivity index (χ3n) is 2.38. The van der Waals surface area contributed by atoms with Crippen LogP contribution < -0.4 is 5.32 Å². The molecule has 0 aliphatic heterocycles. The van der Waals surface area contributed by atoms with E-state index in [1.165, 1.54) is 0 Å². The number of rotatable bonds is 3. The Balaban J connectivity index is 2.43. The first-order chi connectivity index (χ1) is 7.88. The van der Waals surface area contributed by atoms with E-state index in [0.29, 0.717) is 13.1 Å². The average molecular weight is 234 g/mol. The van der Waals surface area contributed by atoms with Crippen LogP contribution in [0.3, 0.4) is 0 Å². The van der Waals surface area contributed by atoms with Crippen molar-refractivity contribution in [2.45, 2.75) is 27.3 Å². The van der Waals surface area contributed by atoms with Crippen molar-refractivity contribution < 1.29 is 4.79 Å². The van der Waals surface area contributed by atoms with Crippen LogP contribution in [0.1, 0.15) is 26.3 Å². The summed E-state index contributed by atoms with van der Waals surface area (Å²) in [6.45, 7) is 7.63. The Labute approximate surface area is 104 Å². The first-order valence-corrected chi connectivity index (χ1v) is 5.91. The van der Waals surface area contributed by atoms with Gasteiger partial charge in [0.1, 0.15) is 0 Å². The highest BCUT2D eigenvalue weighted by atomic mass is 16.2. The van der Waals surface area contributed by atoms with E-state index >= 15 is 0 Å². The van der Waals surface area contributed by atoms with E-state index in [1.54, 1.807) is 4.90 Å². The number of carbonyl (C=O) groups is 1. The summed E-state index contributed by atoms with van der Waals surface area (Å²) in [4.78, 5) is 13.5. The lowest BCUT2D eigenvalue weighted by molar-refractivity contribution is 0.202. The van der Waals surface area contributed by atoms with Crippen LogP contribution in [0.15, 0.2) is 30.3 Å². The summed E-state index contributed by atoms with van der Waals surface area (Å²) >= 11 is 0. The molecule has 1 aromatic carbocycles. The van der Waals surface area contributed by atoms with Gasteiger partial charge in [0.05, 0.1) is 0 Å². The smallest absolute Gasteiger partial charge is 0.317 e. The largest absolute Gasteiger partial charge is 0.337 e. The first-order valence-electron chi connectivity index (χ1n) is 5.91. The van der Waals surface area contributed by atoms with Crippen molar-refractivity contribution in [3.63, 3.8) is 0 Å². The van der Waals surface area contributed by atoms with Crippen LogP contribution in [0.25, 0.3) is 0 Å². The third-order valence-corrected chi connectivity index (χ3v) is 2.38. The van der Waals surface area contributed by atoms with Crippen molar-refractivity contribution in [1.29, 1.82) is 0 Å². The number of hydrogen-bond acceptors (Lipinski definition) is 1. The molecule has 0 fully saturated rings. The fourth-order valence-electron chi connectivity index (χ4n) is 1.40. The van der Waals surface area contributed by atoms with Gasteiger partial charge in [-0.05, 0) is 11.0 Å². The van der Waals surface area contributed by atoms with Gasteiger partial charge in [-0.1, -0.05) is 51.1 Å². The van der Waals surface area contributed by atoms with Crippen molar-refractivity contribution >= 4 is 6.03 Å². The van der Waals surface area contributed by atoms with E-state index in [9.17, 15) is 4.79 Å². The topological polar surface area (TPSA) is 32.3 Å². The summed E-state index contributed by atoms with van der Waals surface area (Å²) in [6, 6.07) is 9.96. The van der Waals surface area contributed by atoms with Crippen LogP contribution in [-0.2, 0) is 6.54 Å². The summed E-state index contributed by atoms with van der Waals surface area (Å²) in [5.41, 5.74) is 1.25. The predicted molar refractivity (Wildman–Crippen MR) is 70.8 cm³/mol. The summed E-state index contributed by atoms with van der Waals surface area (Å²) in [5.74, 6) is 0. The van der Waals surface area contributed by atoms with Crippen molar-refractivity contribution in [1.82, 2.24) is 10.2 Å². The molecule has 0 heterocycles. The highest BCUT2D eigenvalue weighted by Gasteiger charge is 2.14. The molecular weight excluding hydrogens is 212 g/mol. The van der Waals surface area contributed by atoms with Crippen LogP contribution in [0, 0.1) is 5.41 Å². The van der Waals surface area contributed by atoms with Crippen molar-refractivity contribution in [2.75, 3.05) is 13.6 Å². The van der Waals surface area contributed by atoms with Crippen LogP contribution >= 0.6 is 0 Å². The van der Waals surface area contributed by atoms with Crippen LogP contribution in [0.4, 0.5) is 4.79 Å². The quantitative estimate of drug-likeness (QED) is 0.857. The van der Waals surface area contributed by atoms with Crippen molar-refractivity contribution in [3.05, 3.63) is 35.9 Å². The summed E-state index contributed by atoms with van der Waals surface area (Å²) in [6.07, 6.45) is 0. The molecule has 1 aromatic rings. The molecule has 0 aliphatic carbocycles. The normalized spacial score (nSPS) is 11.1. The zero-order chi connectivity index (χ0) is 12.9. The molecule has 0 saturated heterocycles. The molecule has 94 valence electrons. The Morgan fingerprint density at radius 1 is 1.24 bits per heavy atom. The Kier molecular flexibility index (Phi) is 4.55. The SMILES string of the molecule is CN(Cc1ccccc1)C(=O)NCC(C)(C)C. The van der Waals surface area contributed by atoms with Gasteiger partial charge in [0.2, 0.25) is 0 Å². The second kappa shape index (κ2) is 5.71. The minimum absolute atomic E-state index is 0.0243. The summed E-state index contributed by atoms with van der Waals surface area (Å²) < 4.78 is 0. The number of urea groups is 1. The Morgan fingerprint density at radius 2 is 1.82 bits per heavy atom. The van der Waals surface area contributed by atoms with Crippen molar-refractivity contribution in [2.24, 2.45) is 5.41 Å². The molecule has 3 heteroatoms. The molecule has 0 aromatic heterocycles. The standard InChI is InChI=1S/C14H22N2O/c1-14(2,3)11-15-13(17)16(4)10-12-8-6-5-7-9-12/h5-9H,10-11H2,1-4H3,(H,15,17). The molecule has 0 bridgehead atoms. The molecule has 1 rings (SSSR count). The maximum atomic E-state index is 11.8. The van der Waals surface area contributed by atoms with E-state index < -0.39 is 0 Å². The lowest BCUT2D eigenvalue weighted by Gasteiger charge is -2.23. The molecule has 0 saturated carbocycles. The van der Waals surface area contributed by atoms with Crippen LogP contribution in [0.2, 0.25) is 0 Å². The van der Waals surface area contributed by atoms with Crippen LogP contribution in [-0.4, -0.2) is 24.5 Å². The van der Waals surface area contributed by atoms with E-state index in [-0.39, 0.29) is 11.4 Å². The summed E-state index contributed by atoms with van der Waals surface area (Å²) in [5, 5.41) is 2.93. The fraction of sp³-hybridized carbons (Fsp3) is 0.500. The van der Waals surface area contributed by atoms with E-state index in [1.807, 2.05) is 37.4 Å². The lowest BCUT2D eigenvalue weighted by Crippen LogP contribution is -2.40. The maximum Gasteiger partial charge on any atom is 0.317 e. The number of hydrogen-bond donors (Lipinski definition) is 1. The zero-order valence-corrected chi connectivity index (χ0v) is 11.2. The monoisotopic (exact) mass is 234 g/mol. The number of amides is 2. The molecule has 0 aliphatic rings. The molecule has 0 atom stereocenters. The van der Waals surface area contributed by atoms with Gasteiger partial charge >= 0.3 is 6.03 Å². The molecule has 0 spiro atoms. The molecule has 0 radical (unpaired) electrons. The molecular formula is C14H22N2O. The minimum Gasteiger partial charge on any atom is -0.337 e. The van der Waals surface area contributed by atoms with Gasteiger partial charge in [0, 0.05) is 20.1 Å². The van der Waals surface area contributed by atoms with Crippen LogP contribution in [0.5, 0.6) is 0 Å². The Bertz CT molecular complexity index is 354. The average Bonchev–Trinajstić information content (AvgIpc) is 2.26. The van der Waals surface area contributed by atoms with Gasteiger partial charge < -0.3 is 10.2 Å². The van der Waals surface area contributed by atoms with Gasteiger partial charge in [-0.3, -0.25) is 0 Å². The molecule has 1 N–H and O–H groups in total. The Morgan fingerprint density at radius 3 is 2.35 bits per heavy atom. The molecule has 17 heavy (non-hydrogen) atoms. The first kappa shape index (κ1) is 13.6. The molecule has 0 unspecified atom stereocenters. The van der Waals surface area contributed by atoms with Gasteiger partial charge in [-0.15, -0.1) is 0 Å². The van der Waals surface area contributed by atoms with E-state index in [0.717, 1.165) is 5.56 Å². The van der Waals surface area contributed by atoms with Gasteiger partial charge in [0.15, 0.2) is 0 Å². The highest BCUT2D eigenvalue weighted by Crippen LogP contribution is 2.10. The maximum absolute atomic E-state index is 11.8. The van der Waals surface area contributed by atoms with Crippen molar-refractivity contribution in [3.8, 4) is 0 Å². The van der Waals surface area contributed by atoms with E-state index in [2.05, 4.69) is 26.1 Å². The third kappa shape index (κ3) is 5.38. The van der Waals surface area contributed by atoms with Gasteiger partial charge in [-0.2, -0.15) is 0 Å². The predicted octanol–water partition coefficient (Wildman–Crippen LogP) is 2.87. The number of benzene rings is 1. The second-order valence-corrected chi connectivity index (χ2v) is 5.56. The molecule has 2 amide bonds. The number of nitrogens with zero attached hydrogens (tertiary/aromatic N) is 1. The second-order valence-electron chi connectivity index (χ2n) is 5.56. The highest BCUT2D eigenvalue weighted by molar-refractivity contribution is 5.73. The van der Waals surface area contributed by atoms with E-state index in [4.69, 9.17) is 0 Å². The number of nitrogens with one attached hydrogen (secondary N) is 1. The minimum atomic E-state index is -0.0243. The zero-order valence-electron chi connectivity index (χ0n) is 11.2. The Hall–Kier alpha value is -1.51. The van der Waals surface area contributed by atoms with Gasteiger partial charge in [-0.25, -0.2) is 4.79 Å².